The van der Waals surface area contributed by atoms with Gasteiger partial charge in [0.2, 0.25) is 5.91 Å². The number of carbonyl (C=O) groups is 2. The first kappa shape index (κ1) is 23.5. The van der Waals surface area contributed by atoms with E-state index in [2.05, 4.69) is 34.4 Å². The number of hydrogen-bond donors (Lipinski definition) is 2. The average Bonchev–Trinajstić information content (AvgIpc) is 2.80. The number of hydrogen-bond acceptors (Lipinski definition) is 5. The summed E-state index contributed by atoms with van der Waals surface area (Å²) in [6, 6.07) is 9.01. The third-order valence-electron chi connectivity index (χ3n) is 5.71. The predicted molar refractivity (Wildman–Crippen MR) is 124 cm³/mol. The van der Waals surface area contributed by atoms with E-state index in [-0.39, 0.29) is 18.0 Å². The summed E-state index contributed by atoms with van der Waals surface area (Å²) in [5.41, 5.74) is 1.08. The predicted octanol–water partition coefficient (Wildman–Crippen LogP) is 3.24. The number of nitrogens with one attached hydrogen (secondary N) is 2. The lowest BCUT2D eigenvalue weighted by Gasteiger charge is -2.37. The van der Waals surface area contributed by atoms with Crippen molar-refractivity contribution in [3.05, 3.63) is 48.4 Å². The highest BCUT2D eigenvalue weighted by molar-refractivity contribution is 5.94. The van der Waals surface area contributed by atoms with Crippen LogP contribution in [0.3, 0.4) is 0 Å². The average molecular weight is 443 g/mol. The van der Waals surface area contributed by atoms with Gasteiger partial charge < -0.3 is 20.4 Å². The van der Waals surface area contributed by atoms with E-state index < -0.39 is 5.82 Å². The third kappa shape index (κ3) is 5.94. The molecule has 0 spiro atoms. The van der Waals surface area contributed by atoms with Crippen LogP contribution in [0.2, 0.25) is 0 Å². The van der Waals surface area contributed by atoms with Gasteiger partial charge in [0.1, 0.15) is 11.6 Å². The fraction of sp³-hybridized carbons (Fsp3) is 0.435. The van der Waals surface area contributed by atoms with Gasteiger partial charge in [0, 0.05) is 45.0 Å². The van der Waals surface area contributed by atoms with Gasteiger partial charge in [-0.25, -0.2) is 14.2 Å². The van der Waals surface area contributed by atoms with Crippen LogP contribution in [0.5, 0.6) is 0 Å². The number of pyridine rings is 1. The summed E-state index contributed by atoms with van der Waals surface area (Å²) in [7, 11) is 0. The number of nitrogens with zero attached hydrogens (tertiary/aromatic N) is 4. The minimum Gasteiger partial charge on any atom is -0.357 e. The fourth-order valence-electron chi connectivity index (χ4n) is 3.69. The SMILES string of the molecule is CCN(CC)c1ccc(NC(=O)N2CCN(C(C)C(=O)Nc3cccc(F)c3)CC2)cn1. The molecule has 0 saturated carbocycles. The number of piperazine rings is 1. The van der Waals surface area contributed by atoms with Crippen molar-refractivity contribution in [3.8, 4) is 0 Å². The quantitative estimate of drug-likeness (QED) is 0.688. The third-order valence-corrected chi connectivity index (χ3v) is 5.71. The molecule has 1 fully saturated rings. The molecule has 3 amide bonds. The molecule has 2 aromatic rings. The van der Waals surface area contributed by atoms with Crippen LogP contribution in [0, 0.1) is 5.82 Å². The Bertz CT molecular complexity index is 911. The van der Waals surface area contributed by atoms with E-state index in [0.29, 0.717) is 37.6 Å². The van der Waals surface area contributed by atoms with E-state index in [1.165, 1.54) is 12.1 Å². The normalized spacial score (nSPS) is 15.2. The maximum Gasteiger partial charge on any atom is 0.321 e. The largest absolute Gasteiger partial charge is 0.357 e. The maximum atomic E-state index is 13.3. The Hall–Kier alpha value is -3.20. The molecular formula is C23H31FN6O2. The molecule has 2 heterocycles. The topological polar surface area (TPSA) is 80.8 Å². The molecule has 172 valence electrons. The number of amides is 3. The highest BCUT2D eigenvalue weighted by Gasteiger charge is 2.27. The van der Waals surface area contributed by atoms with Crippen LogP contribution in [0.1, 0.15) is 20.8 Å². The highest BCUT2D eigenvalue weighted by Crippen LogP contribution is 2.16. The molecule has 1 aliphatic heterocycles. The standard InChI is InChI=1S/C23H31FN6O2/c1-4-28(5-2)21-10-9-20(16-25-21)27-23(32)30-13-11-29(12-14-30)17(3)22(31)26-19-8-6-7-18(24)15-19/h6-10,15-17H,4-5,11-14H2,1-3H3,(H,26,31)(H,27,32). The number of anilines is 3. The lowest BCUT2D eigenvalue weighted by Crippen LogP contribution is -2.54. The van der Waals surface area contributed by atoms with Gasteiger partial charge in [0.15, 0.2) is 0 Å². The molecular weight excluding hydrogens is 411 g/mol. The molecule has 1 aromatic heterocycles. The first-order valence-electron chi connectivity index (χ1n) is 11.0. The number of carbonyl (C=O) groups excluding carboxylic acids is 2. The van der Waals surface area contributed by atoms with Crippen LogP contribution in [0.25, 0.3) is 0 Å². The van der Waals surface area contributed by atoms with Gasteiger partial charge >= 0.3 is 6.03 Å². The van der Waals surface area contributed by atoms with Crippen molar-refractivity contribution in [2.24, 2.45) is 0 Å². The number of rotatable bonds is 7. The second kappa shape index (κ2) is 10.9. The van der Waals surface area contributed by atoms with E-state index in [1.54, 1.807) is 23.2 Å². The molecule has 1 saturated heterocycles. The monoisotopic (exact) mass is 442 g/mol. The zero-order valence-corrected chi connectivity index (χ0v) is 18.8. The number of benzene rings is 1. The van der Waals surface area contributed by atoms with Crippen molar-refractivity contribution in [1.29, 1.82) is 0 Å². The minimum atomic E-state index is -0.395. The number of aromatic nitrogens is 1. The van der Waals surface area contributed by atoms with Crippen molar-refractivity contribution < 1.29 is 14.0 Å². The maximum absolute atomic E-state index is 13.3. The van der Waals surface area contributed by atoms with Gasteiger partial charge in [-0.15, -0.1) is 0 Å². The molecule has 3 rings (SSSR count). The summed E-state index contributed by atoms with van der Waals surface area (Å²) in [6.07, 6.45) is 1.67. The van der Waals surface area contributed by atoms with Crippen molar-refractivity contribution in [2.75, 3.05) is 54.8 Å². The Morgan fingerprint density at radius 3 is 2.38 bits per heavy atom. The summed E-state index contributed by atoms with van der Waals surface area (Å²) in [4.78, 5) is 35.5. The van der Waals surface area contributed by atoms with Crippen LogP contribution >= 0.6 is 0 Å². The van der Waals surface area contributed by atoms with Crippen molar-refractivity contribution in [2.45, 2.75) is 26.8 Å². The molecule has 8 nitrogen and oxygen atoms in total. The summed E-state index contributed by atoms with van der Waals surface area (Å²) < 4.78 is 13.3. The lowest BCUT2D eigenvalue weighted by molar-refractivity contribution is -0.121. The van der Waals surface area contributed by atoms with Gasteiger partial charge in [-0.1, -0.05) is 6.07 Å². The molecule has 0 aliphatic carbocycles. The lowest BCUT2D eigenvalue weighted by atomic mass is 10.2. The fourth-order valence-corrected chi connectivity index (χ4v) is 3.69. The number of urea groups is 1. The van der Waals surface area contributed by atoms with Crippen LogP contribution in [-0.4, -0.2) is 72.0 Å². The summed E-state index contributed by atoms with van der Waals surface area (Å²) in [6.45, 7) is 9.88. The van der Waals surface area contributed by atoms with Crippen molar-refractivity contribution in [1.82, 2.24) is 14.8 Å². The Kier molecular flexibility index (Phi) is 7.99. The van der Waals surface area contributed by atoms with Gasteiger partial charge in [0.05, 0.1) is 17.9 Å². The molecule has 1 atom stereocenters. The van der Waals surface area contributed by atoms with Crippen LogP contribution in [0.4, 0.5) is 26.4 Å². The Balaban J connectivity index is 1.48. The molecule has 1 aromatic carbocycles. The van der Waals surface area contributed by atoms with Gasteiger partial charge in [0.25, 0.3) is 0 Å². The molecule has 0 radical (unpaired) electrons. The second-order valence-electron chi connectivity index (χ2n) is 7.71. The Morgan fingerprint density at radius 2 is 1.78 bits per heavy atom. The van der Waals surface area contributed by atoms with E-state index in [9.17, 15) is 14.0 Å². The molecule has 2 N–H and O–H groups in total. The number of halogens is 1. The van der Waals surface area contributed by atoms with Gasteiger partial charge in [-0.2, -0.15) is 0 Å². The van der Waals surface area contributed by atoms with Crippen molar-refractivity contribution >= 4 is 29.1 Å². The molecule has 9 heteroatoms. The molecule has 1 unspecified atom stereocenters. The van der Waals surface area contributed by atoms with E-state index >= 15 is 0 Å². The van der Waals surface area contributed by atoms with E-state index in [1.807, 2.05) is 24.0 Å². The first-order valence-corrected chi connectivity index (χ1v) is 11.0. The van der Waals surface area contributed by atoms with Crippen LogP contribution < -0.4 is 15.5 Å². The smallest absolute Gasteiger partial charge is 0.321 e. The van der Waals surface area contributed by atoms with E-state index in [4.69, 9.17) is 0 Å². The van der Waals surface area contributed by atoms with Crippen LogP contribution in [-0.2, 0) is 4.79 Å². The summed E-state index contributed by atoms with van der Waals surface area (Å²) in [5, 5.41) is 5.63. The minimum absolute atomic E-state index is 0.182. The van der Waals surface area contributed by atoms with Gasteiger partial charge in [-0.3, -0.25) is 9.69 Å². The highest BCUT2D eigenvalue weighted by atomic mass is 19.1. The Morgan fingerprint density at radius 1 is 1.06 bits per heavy atom. The molecule has 1 aliphatic rings. The Labute approximate surface area is 188 Å². The summed E-state index contributed by atoms with van der Waals surface area (Å²) in [5.74, 6) is 0.285. The molecule has 0 bridgehead atoms. The van der Waals surface area contributed by atoms with Crippen molar-refractivity contribution in [3.63, 3.8) is 0 Å². The molecule has 32 heavy (non-hydrogen) atoms. The zero-order valence-electron chi connectivity index (χ0n) is 18.8. The first-order chi connectivity index (χ1) is 15.4. The van der Waals surface area contributed by atoms with Crippen LogP contribution in [0.15, 0.2) is 42.6 Å². The summed E-state index contributed by atoms with van der Waals surface area (Å²) >= 11 is 0. The zero-order chi connectivity index (χ0) is 23.1. The van der Waals surface area contributed by atoms with E-state index in [0.717, 1.165) is 18.9 Å². The van der Waals surface area contributed by atoms with Gasteiger partial charge in [-0.05, 0) is 51.1 Å². The second-order valence-corrected chi connectivity index (χ2v) is 7.71.